The van der Waals surface area contributed by atoms with Crippen LogP contribution in [0.1, 0.15) is 28.4 Å². The van der Waals surface area contributed by atoms with Crippen molar-refractivity contribution in [2.24, 2.45) is 0 Å². The number of aryl methyl sites for hydroxylation is 1. The lowest BCUT2D eigenvalue weighted by Crippen LogP contribution is -2.27. The van der Waals surface area contributed by atoms with E-state index in [2.05, 4.69) is 9.97 Å². The molecule has 0 atom stereocenters. The SMILES string of the molecule is CCOc1nc2c(Oc3ccc(CC(=O)c4c(C)ccn(-c5ccc(F)cc5)c4=O)cc3F)ccnc2cc1OC. The third kappa shape index (κ3) is 5.62. The maximum absolute atomic E-state index is 15.2. The van der Waals surface area contributed by atoms with Crippen molar-refractivity contribution in [1.29, 1.82) is 0 Å². The monoisotopic (exact) mass is 557 g/mol. The molecule has 0 fully saturated rings. The molecule has 0 saturated heterocycles. The van der Waals surface area contributed by atoms with Crippen molar-refractivity contribution in [3.05, 3.63) is 112 Å². The Kier molecular flexibility index (Phi) is 7.73. The summed E-state index contributed by atoms with van der Waals surface area (Å²) in [5, 5.41) is 0. The molecule has 10 heteroatoms. The van der Waals surface area contributed by atoms with Crippen LogP contribution in [0.5, 0.6) is 23.1 Å². The van der Waals surface area contributed by atoms with E-state index in [-0.39, 0.29) is 29.4 Å². The van der Waals surface area contributed by atoms with Crippen LogP contribution in [0.15, 0.2) is 77.9 Å². The topological polar surface area (TPSA) is 92.5 Å². The van der Waals surface area contributed by atoms with Crippen molar-refractivity contribution < 1.29 is 27.8 Å². The minimum Gasteiger partial charge on any atom is -0.491 e. The quantitative estimate of drug-likeness (QED) is 0.206. The molecule has 0 N–H and O–H groups in total. The zero-order valence-corrected chi connectivity index (χ0v) is 22.5. The van der Waals surface area contributed by atoms with Crippen LogP contribution in [-0.2, 0) is 6.42 Å². The predicted octanol–water partition coefficient (Wildman–Crippen LogP) is 5.99. The molecule has 0 aliphatic carbocycles. The average molecular weight is 558 g/mol. The Hall–Kier alpha value is -5.12. The maximum atomic E-state index is 15.2. The molecule has 2 aromatic carbocycles. The lowest BCUT2D eigenvalue weighted by molar-refractivity contribution is 0.0990. The first kappa shape index (κ1) is 27.4. The second-order valence-corrected chi connectivity index (χ2v) is 9.10. The Labute approximate surface area is 233 Å². The largest absolute Gasteiger partial charge is 0.491 e. The Morgan fingerprint density at radius 1 is 0.976 bits per heavy atom. The van der Waals surface area contributed by atoms with Crippen molar-refractivity contribution in [3.8, 4) is 28.8 Å². The van der Waals surface area contributed by atoms with E-state index in [1.807, 2.05) is 6.92 Å². The summed E-state index contributed by atoms with van der Waals surface area (Å²) in [5.41, 5.74) is 1.52. The van der Waals surface area contributed by atoms with Crippen LogP contribution in [0.3, 0.4) is 0 Å². The first-order valence-corrected chi connectivity index (χ1v) is 12.7. The normalized spacial score (nSPS) is 11.0. The number of ketones is 1. The van der Waals surface area contributed by atoms with Crippen LogP contribution in [-0.4, -0.2) is 34.0 Å². The highest BCUT2D eigenvalue weighted by Gasteiger charge is 2.19. The lowest BCUT2D eigenvalue weighted by atomic mass is 10.0. The van der Waals surface area contributed by atoms with Crippen LogP contribution in [0.2, 0.25) is 0 Å². The minimum absolute atomic E-state index is 0.0209. The van der Waals surface area contributed by atoms with E-state index in [1.165, 1.54) is 60.5 Å². The summed E-state index contributed by atoms with van der Waals surface area (Å²) in [4.78, 5) is 35.1. The smallest absolute Gasteiger partial charge is 0.266 e. The fraction of sp³-hybridized carbons (Fsp3) is 0.161. The van der Waals surface area contributed by atoms with Crippen molar-refractivity contribution in [2.75, 3.05) is 13.7 Å². The second-order valence-electron chi connectivity index (χ2n) is 9.10. The summed E-state index contributed by atoms with van der Waals surface area (Å²) in [6, 6.07) is 14.4. The number of fused-ring (bicyclic) bond motifs is 1. The number of carbonyl (C=O) groups excluding carboxylic acids is 1. The minimum atomic E-state index is -0.702. The molecule has 5 aromatic rings. The first-order chi connectivity index (χ1) is 19.8. The highest BCUT2D eigenvalue weighted by molar-refractivity contribution is 5.98. The van der Waals surface area contributed by atoms with Gasteiger partial charge in [-0.3, -0.25) is 19.1 Å². The van der Waals surface area contributed by atoms with E-state index >= 15 is 4.39 Å². The first-order valence-electron chi connectivity index (χ1n) is 12.7. The van der Waals surface area contributed by atoms with Gasteiger partial charge in [-0.25, -0.2) is 13.8 Å². The summed E-state index contributed by atoms with van der Waals surface area (Å²) in [7, 11) is 1.49. The molecule has 41 heavy (non-hydrogen) atoms. The molecule has 0 amide bonds. The summed E-state index contributed by atoms with van der Waals surface area (Å²) < 4.78 is 46.5. The van der Waals surface area contributed by atoms with E-state index in [0.29, 0.717) is 40.2 Å². The number of pyridine rings is 3. The summed E-state index contributed by atoms with van der Waals surface area (Å²) >= 11 is 0. The highest BCUT2D eigenvalue weighted by Crippen LogP contribution is 2.35. The highest BCUT2D eigenvalue weighted by atomic mass is 19.1. The predicted molar refractivity (Wildman–Crippen MR) is 149 cm³/mol. The number of rotatable bonds is 9. The van der Waals surface area contributed by atoms with E-state index in [1.54, 1.807) is 31.2 Å². The van der Waals surface area contributed by atoms with Crippen LogP contribution < -0.4 is 19.8 Å². The molecule has 0 aliphatic rings. The third-order valence-electron chi connectivity index (χ3n) is 6.37. The van der Waals surface area contributed by atoms with Crippen LogP contribution in [0.4, 0.5) is 8.78 Å². The average Bonchev–Trinajstić information content (AvgIpc) is 2.95. The molecule has 5 rings (SSSR count). The molecular formula is C31H25F2N3O5. The molecule has 208 valence electrons. The van der Waals surface area contributed by atoms with Gasteiger partial charge in [0, 0.05) is 36.6 Å². The molecular weight excluding hydrogens is 532 g/mol. The van der Waals surface area contributed by atoms with E-state index in [0.717, 1.165) is 0 Å². The molecule has 8 nitrogen and oxygen atoms in total. The fourth-order valence-electron chi connectivity index (χ4n) is 4.38. The molecule has 0 radical (unpaired) electrons. The van der Waals surface area contributed by atoms with Gasteiger partial charge in [-0.05, 0) is 67.4 Å². The van der Waals surface area contributed by atoms with E-state index in [9.17, 15) is 14.0 Å². The molecule has 0 spiro atoms. The Morgan fingerprint density at radius 2 is 1.76 bits per heavy atom. The van der Waals surface area contributed by atoms with Gasteiger partial charge in [-0.15, -0.1) is 0 Å². The van der Waals surface area contributed by atoms with Gasteiger partial charge in [0.2, 0.25) is 0 Å². The van der Waals surface area contributed by atoms with Crippen molar-refractivity contribution in [2.45, 2.75) is 20.3 Å². The molecule has 3 heterocycles. The summed E-state index contributed by atoms with van der Waals surface area (Å²) in [6.07, 6.45) is 2.82. The number of aromatic nitrogens is 3. The summed E-state index contributed by atoms with van der Waals surface area (Å²) in [6.45, 7) is 3.83. The molecule has 0 unspecified atom stereocenters. The number of ether oxygens (including phenoxy) is 3. The number of benzene rings is 2. The number of carbonyl (C=O) groups is 1. The number of halogens is 2. The van der Waals surface area contributed by atoms with Gasteiger partial charge < -0.3 is 14.2 Å². The maximum Gasteiger partial charge on any atom is 0.266 e. The van der Waals surface area contributed by atoms with Crippen molar-refractivity contribution >= 4 is 16.8 Å². The van der Waals surface area contributed by atoms with E-state index in [4.69, 9.17) is 14.2 Å². The lowest BCUT2D eigenvalue weighted by Gasteiger charge is -2.13. The van der Waals surface area contributed by atoms with Gasteiger partial charge in [0.05, 0.1) is 24.8 Å². The number of hydrogen-bond donors (Lipinski definition) is 0. The molecule has 0 aliphatic heterocycles. The fourth-order valence-corrected chi connectivity index (χ4v) is 4.38. The van der Waals surface area contributed by atoms with Crippen LogP contribution >= 0.6 is 0 Å². The van der Waals surface area contributed by atoms with Gasteiger partial charge >= 0.3 is 0 Å². The van der Waals surface area contributed by atoms with Gasteiger partial charge in [-0.1, -0.05) is 6.07 Å². The van der Waals surface area contributed by atoms with Gasteiger partial charge in [-0.2, -0.15) is 0 Å². The van der Waals surface area contributed by atoms with Crippen LogP contribution in [0, 0.1) is 18.6 Å². The van der Waals surface area contributed by atoms with Gasteiger partial charge in [0.15, 0.2) is 28.8 Å². The molecule has 0 bridgehead atoms. The third-order valence-corrected chi connectivity index (χ3v) is 6.37. The Morgan fingerprint density at radius 3 is 2.46 bits per heavy atom. The Bertz CT molecular complexity index is 1820. The standard InChI is InChI=1S/C31H25F2N3O5/c1-4-40-30-27(39-3)17-23-29(35-30)26(11-13-34-23)41-25-10-5-19(15-22(25)33)16-24(37)28-18(2)12-14-36(31(28)38)21-8-6-20(32)7-9-21/h5-15,17H,4,16H2,1-3H3. The molecule has 3 aromatic heterocycles. The van der Waals surface area contributed by atoms with Crippen molar-refractivity contribution in [3.63, 3.8) is 0 Å². The Balaban J connectivity index is 1.40. The zero-order chi connectivity index (χ0) is 29.1. The van der Waals surface area contributed by atoms with E-state index < -0.39 is 23.0 Å². The molecule has 0 saturated carbocycles. The van der Waals surface area contributed by atoms with Gasteiger partial charge in [0.25, 0.3) is 11.4 Å². The zero-order valence-electron chi connectivity index (χ0n) is 22.5. The number of methoxy groups -OCH3 is 1. The number of hydrogen-bond acceptors (Lipinski definition) is 7. The number of Topliss-reactive ketones (excluding diaryl/α,β-unsaturated/α-hetero) is 1. The van der Waals surface area contributed by atoms with Crippen LogP contribution in [0.25, 0.3) is 16.7 Å². The summed E-state index contributed by atoms with van der Waals surface area (Å²) in [5.74, 6) is -0.789. The van der Waals surface area contributed by atoms with Gasteiger partial charge in [0.1, 0.15) is 11.3 Å². The number of nitrogens with zero attached hydrogens (tertiary/aromatic N) is 3. The van der Waals surface area contributed by atoms with Crippen molar-refractivity contribution in [1.82, 2.24) is 14.5 Å². The second kappa shape index (κ2) is 11.5.